The molecule has 2 aromatic rings. The molecule has 0 aromatic heterocycles. The normalized spacial score (nSPS) is 12.0. The van der Waals surface area contributed by atoms with Crippen LogP contribution in [0.25, 0.3) is 0 Å². The maximum atomic E-state index is 13.6. The van der Waals surface area contributed by atoms with Crippen LogP contribution in [0.1, 0.15) is 18.5 Å². The van der Waals surface area contributed by atoms with E-state index in [1.54, 1.807) is 12.1 Å². The molecule has 2 rings (SSSR count). The van der Waals surface area contributed by atoms with Gasteiger partial charge in [0.15, 0.2) is 11.6 Å². The van der Waals surface area contributed by atoms with Crippen molar-refractivity contribution < 1.29 is 9.13 Å². The number of methoxy groups -OCH3 is 1. The number of nitrogens with one attached hydrogen (secondary N) is 1. The monoisotopic (exact) mass is 323 g/mol. The molecule has 4 heteroatoms. The second-order valence-electron chi connectivity index (χ2n) is 4.27. The second-order valence-corrected chi connectivity index (χ2v) is 5.19. The molecule has 0 saturated carbocycles. The molecule has 2 nitrogen and oxygen atoms in total. The third-order valence-electron chi connectivity index (χ3n) is 2.88. The highest BCUT2D eigenvalue weighted by Crippen LogP contribution is 2.25. The molecule has 2 aromatic carbocycles. The molecule has 19 heavy (non-hydrogen) atoms. The predicted octanol–water partition coefficient (Wildman–Crippen LogP) is 4.77. The Kier molecular flexibility index (Phi) is 4.43. The topological polar surface area (TPSA) is 21.3 Å². The summed E-state index contributed by atoms with van der Waals surface area (Å²) in [6, 6.07) is 13.0. The van der Waals surface area contributed by atoms with Crippen molar-refractivity contribution in [2.75, 3.05) is 12.4 Å². The number of anilines is 1. The van der Waals surface area contributed by atoms with Crippen molar-refractivity contribution in [2.24, 2.45) is 0 Å². The van der Waals surface area contributed by atoms with E-state index in [0.717, 1.165) is 15.7 Å². The highest BCUT2D eigenvalue weighted by Gasteiger charge is 2.08. The molecule has 0 heterocycles. The van der Waals surface area contributed by atoms with Crippen LogP contribution in [-0.4, -0.2) is 7.11 Å². The zero-order valence-electron chi connectivity index (χ0n) is 10.8. The van der Waals surface area contributed by atoms with E-state index in [1.807, 2.05) is 31.2 Å². The van der Waals surface area contributed by atoms with Gasteiger partial charge in [0.05, 0.1) is 7.11 Å². The predicted molar refractivity (Wildman–Crippen MR) is 79.1 cm³/mol. The van der Waals surface area contributed by atoms with Crippen LogP contribution in [-0.2, 0) is 0 Å². The summed E-state index contributed by atoms with van der Waals surface area (Å²) in [5, 5.41) is 3.26. The van der Waals surface area contributed by atoms with Gasteiger partial charge in [-0.1, -0.05) is 28.1 Å². The molecule has 0 fully saturated rings. The van der Waals surface area contributed by atoms with Crippen LogP contribution in [0.15, 0.2) is 46.9 Å². The maximum absolute atomic E-state index is 13.6. The minimum absolute atomic E-state index is 0.0882. The largest absolute Gasteiger partial charge is 0.494 e. The number of halogens is 2. The molecule has 0 bridgehead atoms. The molecule has 0 radical (unpaired) electrons. The highest BCUT2D eigenvalue weighted by atomic mass is 79.9. The van der Waals surface area contributed by atoms with E-state index in [2.05, 4.69) is 21.2 Å². The number of hydrogen-bond acceptors (Lipinski definition) is 2. The number of hydrogen-bond donors (Lipinski definition) is 1. The molecule has 0 saturated heterocycles. The van der Waals surface area contributed by atoms with Gasteiger partial charge in [0, 0.05) is 22.3 Å². The summed E-state index contributed by atoms with van der Waals surface area (Å²) < 4.78 is 19.5. The first-order chi connectivity index (χ1) is 9.10. The van der Waals surface area contributed by atoms with E-state index in [1.165, 1.54) is 13.2 Å². The molecule has 0 aliphatic rings. The summed E-state index contributed by atoms with van der Waals surface area (Å²) in [5.41, 5.74) is 1.86. The summed E-state index contributed by atoms with van der Waals surface area (Å²) in [6.45, 7) is 2.03. The van der Waals surface area contributed by atoms with Gasteiger partial charge in [-0.15, -0.1) is 0 Å². The van der Waals surface area contributed by atoms with Gasteiger partial charge in [-0.3, -0.25) is 0 Å². The molecule has 0 spiro atoms. The third-order valence-corrected chi connectivity index (χ3v) is 3.38. The first-order valence-electron chi connectivity index (χ1n) is 5.95. The fraction of sp³-hybridized carbons (Fsp3) is 0.200. The minimum Gasteiger partial charge on any atom is -0.494 e. The SMILES string of the molecule is COc1ccc(NC(C)c2cccc(Br)c2)cc1F. The summed E-state index contributed by atoms with van der Waals surface area (Å²) in [6.07, 6.45) is 0. The molecular weight excluding hydrogens is 309 g/mol. The third kappa shape index (κ3) is 3.47. The average molecular weight is 324 g/mol. The van der Waals surface area contributed by atoms with E-state index in [-0.39, 0.29) is 17.6 Å². The Morgan fingerprint density at radius 2 is 2.00 bits per heavy atom. The lowest BCUT2D eigenvalue weighted by atomic mass is 10.1. The second kappa shape index (κ2) is 6.06. The minimum atomic E-state index is -0.367. The van der Waals surface area contributed by atoms with E-state index in [4.69, 9.17) is 4.74 Å². The van der Waals surface area contributed by atoms with Crippen molar-refractivity contribution in [2.45, 2.75) is 13.0 Å². The molecule has 1 atom stereocenters. The molecule has 0 aliphatic heterocycles. The number of rotatable bonds is 4. The zero-order chi connectivity index (χ0) is 13.8. The summed E-state index contributed by atoms with van der Waals surface area (Å²) in [7, 11) is 1.45. The lowest BCUT2D eigenvalue weighted by Crippen LogP contribution is -2.06. The van der Waals surface area contributed by atoms with Gasteiger partial charge in [0.2, 0.25) is 0 Å². The number of ether oxygens (including phenoxy) is 1. The molecule has 0 amide bonds. The van der Waals surface area contributed by atoms with Gasteiger partial charge in [0.25, 0.3) is 0 Å². The van der Waals surface area contributed by atoms with E-state index >= 15 is 0 Å². The molecule has 100 valence electrons. The Bertz CT molecular complexity index is 574. The van der Waals surface area contributed by atoms with Crippen LogP contribution in [0.5, 0.6) is 5.75 Å². The van der Waals surface area contributed by atoms with E-state index in [0.29, 0.717) is 0 Å². The Balaban J connectivity index is 2.14. The van der Waals surface area contributed by atoms with Crippen LogP contribution >= 0.6 is 15.9 Å². The fourth-order valence-corrected chi connectivity index (χ4v) is 2.28. The van der Waals surface area contributed by atoms with Crippen molar-refractivity contribution in [3.8, 4) is 5.75 Å². The summed E-state index contributed by atoms with van der Waals surface area (Å²) in [5.74, 6) is -0.116. The Labute approximate surface area is 120 Å². The molecule has 1 N–H and O–H groups in total. The first kappa shape index (κ1) is 13.9. The zero-order valence-corrected chi connectivity index (χ0v) is 12.4. The number of benzene rings is 2. The van der Waals surface area contributed by atoms with Gasteiger partial charge in [-0.05, 0) is 36.8 Å². The van der Waals surface area contributed by atoms with Crippen molar-refractivity contribution in [3.63, 3.8) is 0 Å². The smallest absolute Gasteiger partial charge is 0.167 e. The van der Waals surface area contributed by atoms with E-state index in [9.17, 15) is 4.39 Å². The maximum Gasteiger partial charge on any atom is 0.167 e. The van der Waals surface area contributed by atoms with Crippen LogP contribution in [0.3, 0.4) is 0 Å². The lowest BCUT2D eigenvalue weighted by Gasteiger charge is -2.16. The Morgan fingerprint density at radius 3 is 2.63 bits per heavy atom. The van der Waals surface area contributed by atoms with Crippen molar-refractivity contribution in [1.82, 2.24) is 0 Å². The van der Waals surface area contributed by atoms with Crippen LogP contribution < -0.4 is 10.1 Å². The van der Waals surface area contributed by atoms with Gasteiger partial charge in [0.1, 0.15) is 0 Å². The molecular formula is C15H15BrFNO. The Hall–Kier alpha value is -1.55. The average Bonchev–Trinajstić information content (AvgIpc) is 2.39. The van der Waals surface area contributed by atoms with Gasteiger partial charge in [-0.25, -0.2) is 4.39 Å². The van der Waals surface area contributed by atoms with E-state index < -0.39 is 0 Å². The van der Waals surface area contributed by atoms with Crippen LogP contribution in [0, 0.1) is 5.82 Å². The van der Waals surface area contributed by atoms with Gasteiger partial charge in [-0.2, -0.15) is 0 Å². The highest BCUT2D eigenvalue weighted by molar-refractivity contribution is 9.10. The lowest BCUT2D eigenvalue weighted by molar-refractivity contribution is 0.386. The van der Waals surface area contributed by atoms with Crippen LogP contribution in [0.4, 0.5) is 10.1 Å². The fourth-order valence-electron chi connectivity index (χ4n) is 1.87. The van der Waals surface area contributed by atoms with Crippen molar-refractivity contribution >= 4 is 21.6 Å². The summed E-state index contributed by atoms with van der Waals surface area (Å²) >= 11 is 3.44. The standard InChI is InChI=1S/C15H15BrFNO/c1-10(11-4-3-5-12(16)8-11)18-13-6-7-15(19-2)14(17)9-13/h3-10,18H,1-2H3. The van der Waals surface area contributed by atoms with Gasteiger partial charge < -0.3 is 10.1 Å². The van der Waals surface area contributed by atoms with Crippen molar-refractivity contribution in [1.29, 1.82) is 0 Å². The first-order valence-corrected chi connectivity index (χ1v) is 6.75. The summed E-state index contributed by atoms with van der Waals surface area (Å²) in [4.78, 5) is 0. The molecule has 1 unspecified atom stereocenters. The molecule has 0 aliphatic carbocycles. The quantitative estimate of drug-likeness (QED) is 0.875. The van der Waals surface area contributed by atoms with Gasteiger partial charge >= 0.3 is 0 Å². The van der Waals surface area contributed by atoms with Crippen molar-refractivity contribution in [3.05, 3.63) is 58.3 Å². The van der Waals surface area contributed by atoms with Crippen LogP contribution in [0.2, 0.25) is 0 Å². The Morgan fingerprint density at radius 1 is 1.21 bits per heavy atom.